The molecule has 11 heteroatoms. The summed E-state index contributed by atoms with van der Waals surface area (Å²) < 4.78 is 47.6. The fraction of sp³-hybridized carbons (Fsp3) is 0.333. The number of nitrogens with two attached hydrogens (primary N) is 1. The van der Waals surface area contributed by atoms with Crippen molar-refractivity contribution in [3.05, 3.63) is 53.3 Å². The van der Waals surface area contributed by atoms with Crippen LogP contribution in [0.15, 0.2) is 40.8 Å². The Hall–Kier alpha value is -3.44. The third-order valence-corrected chi connectivity index (χ3v) is 7.16. The molecule has 5 N–H and O–H groups in total. The predicted molar refractivity (Wildman–Crippen MR) is 131 cm³/mol. The van der Waals surface area contributed by atoms with Crippen LogP contribution in [0, 0.1) is 5.82 Å². The molecule has 0 atom stereocenters. The quantitative estimate of drug-likeness (QED) is 0.314. The van der Waals surface area contributed by atoms with Gasteiger partial charge < -0.3 is 20.8 Å². The molecule has 35 heavy (non-hydrogen) atoms. The molecule has 1 fully saturated rings. The second-order valence-corrected chi connectivity index (χ2v) is 10.3. The Morgan fingerprint density at radius 2 is 1.89 bits per heavy atom. The third kappa shape index (κ3) is 5.63. The molecular weight excluding hydrogens is 475 g/mol. The van der Waals surface area contributed by atoms with E-state index in [9.17, 15) is 22.4 Å². The van der Waals surface area contributed by atoms with Crippen molar-refractivity contribution in [1.29, 1.82) is 0 Å². The molecule has 0 bridgehead atoms. The predicted octanol–water partition coefficient (Wildman–Crippen LogP) is 2.68. The highest BCUT2D eigenvalue weighted by Gasteiger charge is 2.30. The van der Waals surface area contributed by atoms with Gasteiger partial charge in [-0.1, -0.05) is 0 Å². The number of halogens is 1. The van der Waals surface area contributed by atoms with E-state index in [0.29, 0.717) is 27.8 Å². The van der Waals surface area contributed by atoms with Crippen LogP contribution in [-0.2, 0) is 14.8 Å². The van der Waals surface area contributed by atoms with Gasteiger partial charge in [0.1, 0.15) is 17.2 Å². The maximum Gasteiger partial charge on any atom is 0.255 e. The summed E-state index contributed by atoms with van der Waals surface area (Å²) in [6.07, 6.45) is 2.03. The van der Waals surface area contributed by atoms with E-state index in [1.54, 1.807) is 12.1 Å². The van der Waals surface area contributed by atoms with E-state index in [0.717, 1.165) is 18.4 Å². The van der Waals surface area contributed by atoms with Crippen LogP contribution in [0.2, 0.25) is 0 Å². The topological polar surface area (TPSA) is 144 Å². The molecule has 1 aliphatic carbocycles. The standard InChI is InChI=1S/C24H27FN4O5S/c1-27-24(31)22-18-11-17(14-3-4-14)19(29-35(32,33)10-2-9-28-21(30)13-26)12-20(18)34-23(22)15-5-7-16(25)8-6-15/h5-8,11-12,14,29H,2-4,9-10,13,26H2,1H3,(H,27,31)(H,28,30). The first-order valence-corrected chi connectivity index (χ1v) is 12.9. The second-order valence-electron chi connectivity index (χ2n) is 8.43. The molecule has 0 aliphatic heterocycles. The van der Waals surface area contributed by atoms with Gasteiger partial charge >= 0.3 is 0 Å². The lowest BCUT2D eigenvalue weighted by Crippen LogP contribution is -2.32. The first kappa shape index (κ1) is 24.7. The normalized spacial score (nSPS) is 13.6. The first-order valence-electron chi connectivity index (χ1n) is 11.3. The highest BCUT2D eigenvalue weighted by atomic mass is 32.2. The Labute approximate surface area is 202 Å². The molecule has 0 radical (unpaired) electrons. The summed E-state index contributed by atoms with van der Waals surface area (Å²) in [7, 11) is -2.20. The Morgan fingerprint density at radius 1 is 1.17 bits per heavy atom. The summed E-state index contributed by atoms with van der Waals surface area (Å²) in [5.41, 5.74) is 7.58. The number of carbonyl (C=O) groups excluding carboxylic acids is 2. The Bertz CT molecular complexity index is 1360. The van der Waals surface area contributed by atoms with Crippen molar-refractivity contribution in [2.24, 2.45) is 5.73 Å². The average molecular weight is 503 g/mol. The molecule has 0 unspecified atom stereocenters. The average Bonchev–Trinajstić information content (AvgIpc) is 3.61. The van der Waals surface area contributed by atoms with Crippen molar-refractivity contribution in [3.63, 3.8) is 0 Å². The van der Waals surface area contributed by atoms with Crippen LogP contribution >= 0.6 is 0 Å². The lowest BCUT2D eigenvalue weighted by Gasteiger charge is -2.13. The van der Waals surface area contributed by atoms with Crippen molar-refractivity contribution in [2.45, 2.75) is 25.2 Å². The smallest absolute Gasteiger partial charge is 0.255 e. The summed E-state index contributed by atoms with van der Waals surface area (Å²) in [5.74, 6) is -0.875. The zero-order chi connectivity index (χ0) is 25.2. The molecule has 1 heterocycles. The van der Waals surface area contributed by atoms with Gasteiger partial charge in [0.05, 0.1) is 23.5 Å². The maximum absolute atomic E-state index is 13.5. The summed E-state index contributed by atoms with van der Waals surface area (Å²) in [6.45, 7) is 0.0387. The van der Waals surface area contributed by atoms with Crippen LogP contribution in [0.5, 0.6) is 0 Å². The van der Waals surface area contributed by atoms with Crippen molar-refractivity contribution >= 4 is 38.5 Å². The number of rotatable bonds is 10. The van der Waals surface area contributed by atoms with E-state index >= 15 is 0 Å². The highest BCUT2D eigenvalue weighted by Crippen LogP contribution is 2.46. The Morgan fingerprint density at radius 3 is 2.51 bits per heavy atom. The maximum atomic E-state index is 13.5. The molecule has 2 aromatic carbocycles. The largest absolute Gasteiger partial charge is 0.455 e. The third-order valence-electron chi connectivity index (χ3n) is 5.80. The molecule has 3 aromatic rings. The van der Waals surface area contributed by atoms with Gasteiger partial charge in [-0.05, 0) is 61.1 Å². The Kier molecular flexibility index (Phi) is 7.08. The van der Waals surface area contributed by atoms with E-state index < -0.39 is 15.8 Å². The number of fused-ring (bicyclic) bond motifs is 1. The van der Waals surface area contributed by atoms with Crippen LogP contribution in [0.1, 0.15) is 41.1 Å². The number of nitrogens with one attached hydrogen (secondary N) is 3. The molecular formula is C24H27FN4O5S. The molecule has 1 saturated carbocycles. The lowest BCUT2D eigenvalue weighted by molar-refractivity contribution is -0.119. The van der Waals surface area contributed by atoms with E-state index in [1.165, 1.54) is 31.3 Å². The molecule has 1 aromatic heterocycles. The monoisotopic (exact) mass is 502 g/mol. The van der Waals surface area contributed by atoms with Gasteiger partial charge in [-0.3, -0.25) is 14.3 Å². The van der Waals surface area contributed by atoms with Crippen LogP contribution in [0.25, 0.3) is 22.3 Å². The number of hydrogen-bond donors (Lipinski definition) is 4. The van der Waals surface area contributed by atoms with E-state index in [-0.39, 0.29) is 48.8 Å². The number of hydrogen-bond acceptors (Lipinski definition) is 6. The number of anilines is 1. The van der Waals surface area contributed by atoms with Gasteiger partial charge in [-0.15, -0.1) is 0 Å². The molecule has 1 aliphatic rings. The summed E-state index contributed by atoms with van der Waals surface area (Å²) in [4.78, 5) is 24.0. The van der Waals surface area contributed by atoms with Gasteiger partial charge in [-0.25, -0.2) is 12.8 Å². The first-order chi connectivity index (χ1) is 16.7. The van der Waals surface area contributed by atoms with Crippen molar-refractivity contribution in [1.82, 2.24) is 10.6 Å². The van der Waals surface area contributed by atoms with Crippen LogP contribution in [0.3, 0.4) is 0 Å². The van der Waals surface area contributed by atoms with Gasteiger partial charge in [0.15, 0.2) is 0 Å². The zero-order valence-corrected chi connectivity index (χ0v) is 20.0. The highest BCUT2D eigenvalue weighted by molar-refractivity contribution is 7.92. The van der Waals surface area contributed by atoms with Gasteiger partial charge in [0.2, 0.25) is 15.9 Å². The van der Waals surface area contributed by atoms with E-state index in [4.69, 9.17) is 10.2 Å². The molecule has 186 valence electrons. The summed E-state index contributed by atoms with van der Waals surface area (Å²) >= 11 is 0. The zero-order valence-electron chi connectivity index (χ0n) is 19.2. The molecule has 0 spiro atoms. The SMILES string of the molecule is CNC(=O)c1c(-c2ccc(F)cc2)oc2cc(NS(=O)(=O)CCCNC(=O)CN)c(C3CC3)cc12. The Balaban J connectivity index is 1.70. The van der Waals surface area contributed by atoms with Crippen molar-refractivity contribution in [3.8, 4) is 11.3 Å². The van der Waals surface area contributed by atoms with Gasteiger partial charge in [0.25, 0.3) is 5.91 Å². The number of amides is 2. The number of benzene rings is 2. The minimum atomic E-state index is -3.71. The molecule has 0 saturated heterocycles. The fourth-order valence-electron chi connectivity index (χ4n) is 3.92. The van der Waals surface area contributed by atoms with Crippen molar-refractivity contribution in [2.75, 3.05) is 30.6 Å². The fourth-order valence-corrected chi connectivity index (χ4v) is 5.05. The van der Waals surface area contributed by atoms with Crippen molar-refractivity contribution < 1.29 is 26.8 Å². The molecule has 9 nitrogen and oxygen atoms in total. The minimum absolute atomic E-state index is 0.156. The summed E-state index contributed by atoms with van der Waals surface area (Å²) in [6, 6.07) is 8.99. The van der Waals surface area contributed by atoms with Crippen LogP contribution < -0.4 is 21.1 Å². The van der Waals surface area contributed by atoms with Crippen LogP contribution in [-0.4, -0.2) is 46.1 Å². The minimum Gasteiger partial charge on any atom is -0.455 e. The number of carbonyl (C=O) groups is 2. The van der Waals surface area contributed by atoms with Gasteiger partial charge in [0, 0.05) is 30.6 Å². The molecule has 4 rings (SSSR count). The number of sulfonamides is 1. The van der Waals surface area contributed by atoms with E-state index in [1.807, 2.05) is 0 Å². The number of furan rings is 1. The van der Waals surface area contributed by atoms with Crippen LogP contribution in [0.4, 0.5) is 10.1 Å². The van der Waals surface area contributed by atoms with E-state index in [2.05, 4.69) is 15.4 Å². The summed E-state index contributed by atoms with van der Waals surface area (Å²) in [5, 5.41) is 5.71. The molecule has 2 amide bonds. The lowest BCUT2D eigenvalue weighted by atomic mass is 10.0. The van der Waals surface area contributed by atoms with Gasteiger partial charge in [-0.2, -0.15) is 0 Å². The second kappa shape index (κ2) is 10.0.